The zero-order valence-electron chi connectivity index (χ0n) is 11.9. The highest BCUT2D eigenvalue weighted by Crippen LogP contribution is 2.41. The van der Waals surface area contributed by atoms with Crippen LogP contribution in [0.4, 0.5) is 0 Å². The Bertz CT molecular complexity index is 530. The van der Waals surface area contributed by atoms with Crippen molar-refractivity contribution in [2.24, 2.45) is 0 Å². The standard InChI is InChI=1S/C12H14O12/c13-3-1-19-11(17)5(3)21-9(15)7(11)23-24-8-10(16)22-6-4(14)2-20-12(6,8)18/h3-8,13-14,17-18H,1-2H2. The molecule has 8 unspecified atom stereocenters. The quantitative estimate of drug-likeness (QED) is 0.219. The number of esters is 2. The molecule has 8 atom stereocenters. The lowest BCUT2D eigenvalue weighted by molar-refractivity contribution is -0.406. The van der Waals surface area contributed by atoms with Gasteiger partial charge in [-0.25, -0.2) is 19.4 Å². The van der Waals surface area contributed by atoms with Crippen molar-refractivity contribution < 1.29 is 58.7 Å². The lowest BCUT2D eigenvalue weighted by atomic mass is 10.1. The number of fused-ring (bicyclic) bond motifs is 2. The van der Waals surface area contributed by atoms with Crippen LogP contribution in [0.5, 0.6) is 0 Å². The maximum Gasteiger partial charge on any atom is 0.345 e. The Morgan fingerprint density at radius 2 is 1.21 bits per heavy atom. The van der Waals surface area contributed by atoms with Gasteiger partial charge >= 0.3 is 11.9 Å². The normalized spacial score (nSPS) is 53.0. The van der Waals surface area contributed by atoms with E-state index in [9.17, 15) is 30.0 Å². The van der Waals surface area contributed by atoms with Gasteiger partial charge in [0.1, 0.15) is 12.2 Å². The summed E-state index contributed by atoms with van der Waals surface area (Å²) in [7, 11) is 0. The van der Waals surface area contributed by atoms with Gasteiger partial charge in [0.15, 0.2) is 12.2 Å². The van der Waals surface area contributed by atoms with Crippen molar-refractivity contribution in [1.82, 2.24) is 0 Å². The molecule has 4 aliphatic rings. The molecule has 4 N–H and O–H groups in total. The molecule has 12 heteroatoms. The van der Waals surface area contributed by atoms with Gasteiger partial charge in [-0.3, -0.25) is 0 Å². The monoisotopic (exact) mass is 350 g/mol. The summed E-state index contributed by atoms with van der Waals surface area (Å²) in [6.07, 6.45) is -8.94. The molecule has 0 aromatic carbocycles. The minimum atomic E-state index is -2.31. The largest absolute Gasteiger partial charge is 0.451 e. The third-order valence-electron chi connectivity index (χ3n) is 4.40. The molecule has 0 saturated carbocycles. The Morgan fingerprint density at radius 1 is 0.833 bits per heavy atom. The highest BCUT2D eigenvalue weighted by molar-refractivity contribution is 5.80. The predicted molar refractivity (Wildman–Crippen MR) is 63.3 cm³/mol. The van der Waals surface area contributed by atoms with E-state index in [1.165, 1.54) is 0 Å². The highest BCUT2D eigenvalue weighted by Gasteiger charge is 2.69. The summed E-state index contributed by atoms with van der Waals surface area (Å²) in [5.41, 5.74) is 0. The lowest BCUT2D eigenvalue weighted by Crippen LogP contribution is -2.52. The van der Waals surface area contributed by atoms with Crippen LogP contribution >= 0.6 is 0 Å². The summed E-state index contributed by atoms with van der Waals surface area (Å²) in [6, 6.07) is 0. The maximum absolute atomic E-state index is 11.8. The molecule has 0 radical (unpaired) electrons. The number of carbonyl (C=O) groups is 2. The molecular formula is C12H14O12. The first-order valence-electron chi connectivity index (χ1n) is 7.09. The number of ether oxygens (including phenoxy) is 4. The molecule has 4 aliphatic heterocycles. The SMILES string of the molecule is O=C1OC2C(O)COC2(O)C1OOC1C(=O)OC2C(O)COC12O. The molecule has 4 rings (SSSR count). The zero-order chi connectivity index (χ0) is 17.3. The first-order chi connectivity index (χ1) is 11.3. The Kier molecular flexibility index (Phi) is 3.40. The predicted octanol–water partition coefficient (Wildman–Crippen LogP) is -4.32. The van der Waals surface area contributed by atoms with Crippen molar-refractivity contribution in [3.05, 3.63) is 0 Å². The van der Waals surface area contributed by atoms with Gasteiger partial charge in [-0.05, 0) is 0 Å². The van der Waals surface area contributed by atoms with Crippen LogP contribution in [0.15, 0.2) is 0 Å². The van der Waals surface area contributed by atoms with E-state index < -0.39 is 60.1 Å². The molecule has 0 spiro atoms. The Hall–Kier alpha value is -1.38. The van der Waals surface area contributed by atoms with Gasteiger partial charge in [0.25, 0.3) is 0 Å². The second-order valence-electron chi connectivity index (χ2n) is 5.93. The number of rotatable bonds is 3. The van der Waals surface area contributed by atoms with Gasteiger partial charge in [0.05, 0.1) is 13.2 Å². The minimum absolute atomic E-state index is 0.304. The summed E-state index contributed by atoms with van der Waals surface area (Å²) in [5, 5.41) is 39.8. The Balaban J connectivity index is 1.49. The van der Waals surface area contributed by atoms with E-state index in [2.05, 4.69) is 0 Å². The summed E-state index contributed by atoms with van der Waals surface area (Å²) >= 11 is 0. The van der Waals surface area contributed by atoms with E-state index in [4.69, 9.17) is 28.7 Å². The summed E-state index contributed by atoms with van der Waals surface area (Å²) in [5.74, 6) is -6.80. The molecule has 0 aromatic heterocycles. The van der Waals surface area contributed by atoms with Crippen molar-refractivity contribution in [1.29, 1.82) is 0 Å². The third kappa shape index (κ3) is 1.96. The number of aliphatic hydroxyl groups excluding tert-OH is 2. The van der Waals surface area contributed by atoms with E-state index in [1.807, 2.05) is 0 Å². The van der Waals surface area contributed by atoms with Gasteiger partial charge in [-0.1, -0.05) is 0 Å². The van der Waals surface area contributed by atoms with Crippen molar-refractivity contribution in [2.45, 2.75) is 48.2 Å². The van der Waals surface area contributed by atoms with E-state index in [0.717, 1.165) is 0 Å². The molecule has 0 amide bonds. The fraction of sp³-hybridized carbons (Fsp3) is 0.833. The molecule has 0 aliphatic carbocycles. The molecule has 24 heavy (non-hydrogen) atoms. The Morgan fingerprint density at radius 3 is 1.58 bits per heavy atom. The fourth-order valence-electron chi connectivity index (χ4n) is 3.14. The maximum atomic E-state index is 11.8. The van der Waals surface area contributed by atoms with E-state index in [0.29, 0.717) is 0 Å². The summed E-state index contributed by atoms with van der Waals surface area (Å²) < 4.78 is 19.4. The fourth-order valence-corrected chi connectivity index (χ4v) is 3.14. The van der Waals surface area contributed by atoms with Gasteiger partial charge in [0, 0.05) is 0 Å². The molecule has 12 nitrogen and oxygen atoms in total. The van der Waals surface area contributed by atoms with E-state index in [1.54, 1.807) is 0 Å². The topological polar surface area (TPSA) is 170 Å². The molecule has 0 bridgehead atoms. The van der Waals surface area contributed by atoms with Crippen LogP contribution in [0.2, 0.25) is 0 Å². The first kappa shape index (κ1) is 16.1. The molecule has 0 aromatic rings. The smallest absolute Gasteiger partial charge is 0.345 e. The van der Waals surface area contributed by atoms with Gasteiger partial charge in [-0.2, -0.15) is 0 Å². The van der Waals surface area contributed by atoms with Crippen molar-refractivity contribution in [3.8, 4) is 0 Å². The van der Waals surface area contributed by atoms with Crippen LogP contribution in [0.3, 0.4) is 0 Å². The average Bonchev–Trinajstić information content (AvgIpc) is 3.14. The number of hydrogen-bond acceptors (Lipinski definition) is 12. The third-order valence-corrected chi connectivity index (χ3v) is 4.40. The van der Waals surface area contributed by atoms with Crippen LogP contribution < -0.4 is 0 Å². The average molecular weight is 350 g/mol. The molecular weight excluding hydrogens is 336 g/mol. The van der Waals surface area contributed by atoms with Crippen LogP contribution in [0.25, 0.3) is 0 Å². The van der Waals surface area contributed by atoms with Gasteiger partial charge in [0.2, 0.25) is 23.8 Å². The summed E-state index contributed by atoms with van der Waals surface area (Å²) in [4.78, 5) is 33.0. The summed E-state index contributed by atoms with van der Waals surface area (Å²) in [6.45, 7) is -0.609. The first-order valence-corrected chi connectivity index (χ1v) is 7.09. The van der Waals surface area contributed by atoms with E-state index in [-0.39, 0.29) is 13.2 Å². The van der Waals surface area contributed by atoms with Gasteiger partial charge in [-0.15, -0.1) is 0 Å². The van der Waals surface area contributed by atoms with Crippen molar-refractivity contribution >= 4 is 11.9 Å². The van der Waals surface area contributed by atoms with Crippen LogP contribution in [-0.4, -0.2) is 93.8 Å². The second kappa shape index (κ2) is 5.06. The number of hydrogen-bond donors (Lipinski definition) is 4. The lowest BCUT2D eigenvalue weighted by Gasteiger charge is -2.26. The number of aliphatic hydroxyl groups is 4. The van der Waals surface area contributed by atoms with Crippen LogP contribution in [0.1, 0.15) is 0 Å². The Labute approximate surface area is 133 Å². The van der Waals surface area contributed by atoms with Crippen molar-refractivity contribution in [3.63, 3.8) is 0 Å². The molecule has 134 valence electrons. The second-order valence-corrected chi connectivity index (χ2v) is 5.93. The highest BCUT2D eigenvalue weighted by atomic mass is 17.2. The number of carbonyl (C=O) groups excluding carboxylic acids is 2. The van der Waals surface area contributed by atoms with E-state index >= 15 is 0 Å². The zero-order valence-corrected chi connectivity index (χ0v) is 11.9. The van der Waals surface area contributed by atoms with Crippen molar-refractivity contribution in [2.75, 3.05) is 13.2 Å². The molecule has 4 fully saturated rings. The van der Waals surface area contributed by atoms with Gasteiger partial charge < -0.3 is 39.4 Å². The minimum Gasteiger partial charge on any atom is -0.451 e. The molecule has 4 saturated heterocycles. The van der Waals surface area contributed by atoms with Crippen LogP contribution in [0, 0.1) is 0 Å². The molecule has 4 heterocycles. The van der Waals surface area contributed by atoms with Crippen LogP contribution in [-0.2, 0) is 38.3 Å².